The molecule has 1 unspecified atom stereocenters. The largest absolute Gasteiger partial charge is 0.376 e. The van der Waals surface area contributed by atoms with Crippen LogP contribution >= 0.6 is 0 Å². The Kier molecular flexibility index (Phi) is 4.37. The number of aryl methyl sites for hydroxylation is 1. The van der Waals surface area contributed by atoms with Gasteiger partial charge in [0.15, 0.2) is 0 Å². The van der Waals surface area contributed by atoms with Crippen molar-refractivity contribution in [3.63, 3.8) is 0 Å². The van der Waals surface area contributed by atoms with E-state index >= 15 is 0 Å². The molecule has 0 aliphatic carbocycles. The summed E-state index contributed by atoms with van der Waals surface area (Å²) in [5.74, 6) is 0.718. The molecule has 1 atom stereocenters. The van der Waals surface area contributed by atoms with Crippen LogP contribution in [0.3, 0.4) is 0 Å². The van der Waals surface area contributed by atoms with Gasteiger partial charge in [0.2, 0.25) is 0 Å². The van der Waals surface area contributed by atoms with Crippen LogP contribution in [0.4, 0.5) is 0 Å². The van der Waals surface area contributed by atoms with Crippen molar-refractivity contribution in [1.29, 1.82) is 0 Å². The van der Waals surface area contributed by atoms with Gasteiger partial charge in [0.05, 0.1) is 13.2 Å². The lowest BCUT2D eigenvalue weighted by Gasteiger charge is -2.09. The van der Waals surface area contributed by atoms with E-state index in [4.69, 9.17) is 4.74 Å². The van der Waals surface area contributed by atoms with Crippen molar-refractivity contribution in [2.45, 2.75) is 26.4 Å². The van der Waals surface area contributed by atoms with Gasteiger partial charge < -0.3 is 10.1 Å². The number of benzene rings is 1. The average molecular weight is 219 g/mol. The minimum atomic E-state index is 0.718. The van der Waals surface area contributed by atoms with Gasteiger partial charge in [-0.2, -0.15) is 0 Å². The standard InChI is InChI=1S/C14H21NO/c1-2-12-3-5-13(6-4-12)10-16-11-14-7-8-15-9-14/h3-6,14-15H,2,7-11H2,1H3. The number of rotatable bonds is 5. The molecule has 0 saturated carbocycles. The second-order valence-corrected chi connectivity index (χ2v) is 4.54. The highest BCUT2D eigenvalue weighted by atomic mass is 16.5. The lowest BCUT2D eigenvalue weighted by Crippen LogP contribution is -2.13. The van der Waals surface area contributed by atoms with Crippen LogP contribution in [0.1, 0.15) is 24.5 Å². The van der Waals surface area contributed by atoms with Crippen molar-refractivity contribution in [3.05, 3.63) is 35.4 Å². The van der Waals surface area contributed by atoms with Crippen molar-refractivity contribution >= 4 is 0 Å². The van der Waals surface area contributed by atoms with Crippen LogP contribution in [0.5, 0.6) is 0 Å². The third kappa shape index (κ3) is 3.32. The first-order valence-corrected chi connectivity index (χ1v) is 6.24. The first kappa shape index (κ1) is 11.6. The predicted molar refractivity (Wildman–Crippen MR) is 66.5 cm³/mol. The van der Waals surface area contributed by atoms with Crippen LogP contribution < -0.4 is 5.32 Å². The monoisotopic (exact) mass is 219 g/mol. The van der Waals surface area contributed by atoms with Gasteiger partial charge in [-0.05, 0) is 36.4 Å². The van der Waals surface area contributed by atoms with E-state index in [2.05, 4.69) is 36.5 Å². The number of nitrogens with one attached hydrogen (secondary N) is 1. The van der Waals surface area contributed by atoms with Gasteiger partial charge in [0, 0.05) is 6.54 Å². The van der Waals surface area contributed by atoms with Crippen molar-refractivity contribution in [1.82, 2.24) is 5.32 Å². The smallest absolute Gasteiger partial charge is 0.0717 e. The molecule has 0 amide bonds. The highest BCUT2D eigenvalue weighted by molar-refractivity contribution is 5.21. The van der Waals surface area contributed by atoms with Crippen molar-refractivity contribution in [3.8, 4) is 0 Å². The maximum absolute atomic E-state index is 5.74. The summed E-state index contributed by atoms with van der Waals surface area (Å²) in [6.07, 6.45) is 2.36. The van der Waals surface area contributed by atoms with Crippen LogP contribution in [0.2, 0.25) is 0 Å². The van der Waals surface area contributed by atoms with Gasteiger partial charge in [-0.3, -0.25) is 0 Å². The molecule has 2 heteroatoms. The van der Waals surface area contributed by atoms with Gasteiger partial charge in [-0.1, -0.05) is 31.2 Å². The lowest BCUT2D eigenvalue weighted by atomic mass is 10.1. The Labute approximate surface area is 98.0 Å². The summed E-state index contributed by atoms with van der Waals surface area (Å²) in [4.78, 5) is 0. The normalized spacial score (nSPS) is 20.2. The molecular formula is C14H21NO. The fraction of sp³-hybridized carbons (Fsp3) is 0.571. The minimum absolute atomic E-state index is 0.718. The third-order valence-corrected chi connectivity index (χ3v) is 3.22. The molecule has 1 aliphatic heterocycles. The SMILES string of the molecule is CCc1ccc(COCC2CCNC2)cc1. The zero-order valence-corrected chi connectivity index (χ0v) is 10.0. The van der Waals surface area contributed by atoms with Crippen molar-refractivity contribution < 1.29 is 4.74 Å². The predicted octanol–water partition coefficient (Wildman–Crippen LogP) is 2.38. The van der Waals surface area contributed by atoms with E-state index in [1.807, 2.05) is 0 Å². The molecule has 1 aromatic carbocycles. The molecule has 1 N–H and O–H groups in total. The highest BCUT2D eigenvalue weighted by Crippen LogP contribution is 2.10. The van der Waals surface area contributed by atoms with Crippen LogP contribution in [-0.2, 0) is 17.8 Å². The molecule has 1 aromatic rings. The molecule has 0 aromatic heterocycles. The van der Waals surface area contributed by atoms with Crippen LogP contribution in [0, 0.1) is 5.92 Å². The number of hydrogen-bond donors (Lipinski definition) is 1. The first-order chi connectivity index (χ1) is 7.88. The Morgan fingerprint density at radius 3 is 2.62 bits per heavy atom. The van der Waals surface area contributed by atoms with Crippen LogP contribution in [0.15, 0.2) is 24.3 Å². The quantitative estimate of drug-likeness (QED) is 0.821. The molecule has 1 aliphatic rings. The Hall–Kier alpha value is -0.860. The van der Waals surface area contributed by atoms with Crippen LogP contribution in [0.25, 0.3) is 0 Å². The molecule has 2 nitrogen and oxygen atoms in total. The second-order valence-electron chi connectivity index (χ2n) is 4.54. The van der Waals surface area contributed by atoms with E-state index in [-0.39, 0.29) is 0 Å². The Morgan fingerprint density at radius 2 is 2.00 bits per heavy atom. The summed E-state index contributed by atoms with van der Waals surface area (Å²) in [7, 11) is 0. The van der Waals surface area contributed by atoms with Gasteiger partial charge in [-0.25, -0.2) is 0 Å². The zero-order chi connectivity index (χ0) is 11.2. The van der Waals surface area contributed by atoms with Crippen molar-refractivity contribution in [2.75, 3.05) is 19.7 Å². The molecule has 88 valence electrons. The van der Waals surface area contributed by atoms with E-state index < -0.39 is 0 Å². The number of ether oxygens (including phenoxy) is 1. The van der Waals surface area contributed by atoms with E-state index in [0.717, 1.165) is 38.6 Å². The lowest BCUT2D eigenvalue weighted by molar-refractivity contribution is 0.0925. The minimum Gasteiger partial charge on any atom is -0.376 e. The molecule has 1 fully saturated rings. The summed E-state index contributed by atoms with van der Waals surface area (Å²) < 4.78 is 5.74. The van der Waals surface area contributed by atoms with Gasteiger partial charge in [-0.15, -0.1) is 0 Å². The molecule has 1 saturated heterocycles. The molecule has 0 radical (unpaired) electrons. The number of hydrogen-bond acceptors (Lipinski definition) is 2. The van der Waals surface area contributed by atoms with Crippen LogP contribution in [-0.4, -0.2) is 19.7 Å². The summed E-state index contributed by atoms with van der Waals surface area (Å²) in [5, 5.41) is 3.36. The van der Waals surface area contributed by atoms with Gasteiger partial charge >= 0.3 is 0 Å². The molecule has 16 heavy (non-hydrogen) atoms. The first-order valence-electron chi connectivity index (χ1n) is 6.24. The van der Waals surface area contributed by atoms with Gasteiger partial charge in [0.1, 0.15) is 0 Å². The molecule has 0 spiro atoms. The highest BCUT2D eigenvalue weighted by Gasteiger charge is 2.13. The van der Waals surface area contributed by atoms with E-state index in [1.165, 1.54) is 17.5 Å². The Balaban J connectivity index is 1.71. The molecule has 0 bridgehead atoms. The van der Waals surface area contributed by atoms with Gasteiger partial charge in [0.25, 0.3) is 0 Å². The summed E-state index contributed by atoms with van der Waals surface area (Å²) in [5.41, 5.74) is 2.67. The fourth-order valence-corrected chi connectivity index (χ4v) is 2.07. The van der Waals surface area contributed by atoms with E-state index in [0.29, 0.717) is 0 Å². The molecular weight excluding hydrogens is 198 g/mol. The maximum atomic E-state index is 5.74. The maximum Gasteiger partial charge on any atom is 0.0717 e. The Bertz CT molecular complexity index is 301. The molecule has 2 rings (SSSR count). The summed E-state index contributed by atoms with van der Waals surface area (Å²) >= 11 is 0. The van der Waals surface area contributed by atoms with Crippen molar-refractivity contribution in [2.24, 2.45) is 5.92 Å². The average Bonchev–Trinajstić information content (AvgIpc) is 2.83. The zero-order valence-electron chi connectivity index (χ0n) is 10.0. The van der Waals surface area contributed by atoms with E-state index in [1.54, 1.807) is 0 Å². The third-order valence-electron chi connectivity index (χ3n) is 3.22. The van der Waals surface area contributed by atoms with E-state index in [9.17, 15) is 0 Å². The summed E-state index contributed by atoms with van der Waals surface area (Å²) in [6, 6.07) is 8.73. The fourth-order valence-electron chi connectivity index (χ4n) is 2.07. The molecule has 1 heterocycles. The Morgan fingerprint density at radius 1 is 1.25 bits per heavy atom. The topological polar surface area (TPSA) is 21.3 Å². The summed E-state index contributed by atoms with van der Waals surface area (Å²) in [6.45, 7) is 6.09. The second kappa shape index (κ2) is 6.02.